The van der Waals surface area contributed by atoms with Gasteiger partial charge in [0.05, 0.1) is 22.0 Å². The van der Waals surface area contributed by atoms with Gasteiger partial charge in [0.2, 0.25) is 0 Å². The second-order valence-electron chi connectivity index (χ2n) is 2.21. The summed E-state index contributed by atoms with van der Waals surface area (Å²) in [6.45, 7) is 0. The van der Waals surface area contributed by atoms with Crippen LogP contribution in [0, 0.1) is 7.14 Å². The molecule has 0 heterocycles. The number of ether oxygens (including phenoxy) is 1. The van der Waals surface area contributed by atoms with Crippen LogP contribution in [-0.4, -0.2) is 22.4 Å². The highest BCUT2D eigenvalue weighted by molar-refractivity contribution is 14.1. The average molecular weight is 415 g/mol. The van der Waals surface area contributed by atoms with Gasteiger partial charge >= 0.3 is 5.97 Å². The van der Waals surface area contributed by atoms with Gasteiger partial charge in [0.1, 0.15) is 0 Å². The Balaban J connectivity index is 2.90. The summed E-state index contributed by atoms with van der Waals surface area (Å²) in [7, 11) is 3.08. The second kappa shape index (κ2) is 5.30. The van der Waals surface area contributed by atoms with Crippen molar-refractivity contribution in [3.8, 4) is 0 Å². The molecule has 13 heavy (non-hydrogen) atoms. The standard InChI is InChI=1S/C8H5I2O2Si/c9-6-2-1-5(3-7(6)10)8(11)12-4-13/h1-3H,4H2. The van der Waals surface area contributed by atoms with E-state index < -0.39 is 0 Å². The minimum atomic E-state index is -0.302. The molecule has 1 aromatic rings. The molecule has 0 amide bonds. The molecule has 0 bridgehead atoms. The molecule has 1 aromatic carbocycles. The number of halogens is 2. The Bertz CT molecular complexity index is 328. The summed E-state index contributed by atoms with van der Waals surface area (Å²) in [6, 6.07) is 5.47. The number of hydrogen-bond donors (Lipinski definition) is 0. The smallest absolute Gasteiger partial charge is 0.337 e. The summed E-state index contributed by atoms with van der Waals surface area (Å²) < 4.78 is 6.98. The molecule has 2 nitrogen and oxygen atoms in total. The lowest BCUT2D eigenvalue weighted by Crippen LogP contribution is -2.06. The first-order chi connectivity index (χ1) is 6.15. The summed E-state index contributed by atoms with van der Waals surface area (Å²) in [4.78, 5) is 11.2. The molecule has 0 aliphatic heterocycles. The summed E-state index contributed by atoms with van der Waals surface area (Å²) in [5.41, 5.74) is 0.586. The number of rotatable bonds is 2. The molecule has 5 heteroatoms. The Morgan fingerprint density at radius 1 is 1.38 bits per heavy atom. The number of benzene rings is 1. The van der Waals surface area contributed by atoms with E-state index in [-0.39, 0.29) is 12.2 Å². The van der Waals surface area contributed by atoms with Gasteiger partial charge in [-0.15, -0.1) is 0 Å². The monoisotopic (exact) mass is 415 g/mol. The topological polar surface area (TPSA) is 26.3 Å². The van der Waals surface area contributed by atoms with E-state index in [1.807, 2.05) is 12.1 Å². The van der Waals surface area contributed by atoms with Crippen molar-refractivity contribution in [1.29, 1.82) is 0 Å². The molecule has 67 valence electrons. The van der Waals surface area contributed by atoms with E-state index in [1.54, 1.807) is 6.07 Å². The summed E-state index contributed by atoms with van der Waals surface area (Å²) in [6.07, 6.45) is 0.224. The normalized spacial score (nSPS) is 9.77. The lowest BCUT2D eigenvalue weighted by molar-refractivity contribution is 0.0573. The van der Waals surface area contributed by atoms with Crippen molar-refractivity contribution in [2.75, 3.05) is 6.23 Å². The fourth-order valence-electron chi connectivity index (χ4n) is 0.772. The Morgan fingerprint density at radius 2 is 2.08 bits per heavy atom. The van der Waals surface area contributed by atoms with Gasteiger partial charge in [-0.2, -0.15) is 0 Å². The highest BCUT2D eigenvalue weighted by Crippen LogP contribution is 2.16. The van der Waals surface area contributed by atoms with Crippen LogP contribution in [0.25, 0.3) is 0 Å². The van der Waals surface area contributed by atoms with Crippen LogP contribution >= 0.6 is 45.2 Å². The average Bonchev–Trinajstić information content (AvgIpc) is 2.10. The van der Waals surface area contributed by atoms with Gasteiger partial charge in [0, 0.05) is 7.14 Å². The first-order valence-electron chi connectivity index (χ1n) is 3.42. The lowest BCUT2D eigenvalue weighted by Gasteiger charge is -2.02. The fourth-order valence-corrected chi connectivity index (χ4v) is 1.75. The van der Waals surface area contributed by atoms with E-state index in [0.29, 0.717) is 5.56 Å². The maximum atomic E-state index is 11.2. The molecule has 0 aliphatic rings. The van der Waals surface area contributed by atoms with Gasteiger partial charge in [-0.1, -0.05) is 0 Å². The number of carbonyl (C=O) groups is 1. The van der Waals surface area contributed by atoms with Crippen molar-refractivity contribution in [3.05, 3.63) is 30.9 Å². The highest BCUT2D eigenvalue weighted by atomic mass is 127. The first-order valence-corrected chi connectivity index (χ1v) is 6.28. The Hall–Kier alpha value is 0.367. The van der Waals surface area contributed by atoms with Gasteiger partial charge in [0.25, 0.3) is 0 Å². The third kappa shape index (κ3) is 3.20. The van der Waals surface area contributed by atoms with E-state index in [2.05, 4.69) is 55.4 Å². The Labute approximate surface area is 107 Å². The van der Waals surface area contributed by atoms with E-state index in [1.165, 1.54) is 0 Å². The lowest BCUT2D eigenvalue weighted by atomic mass is 10.2. The second-order valence-corrected chi connectivity index (χ2v) is 4.82. The third-order valence-corrected chi connectivity index (χ3v) is 4.37. The van der Waals surface area contributed by atoms with Crippen molar-refractivity contribution in [2.45, 2.75) is 0 Å². The zero-order valence-electron chi connectivity index (χ0n) is 6.51. The SMILES string of the molecule is O=C(OC[Si])c1ccc(I)c(I)c1. The number of hydrogen-bond acceptors (Lipinski definition) is 2. The van der Waals surface area contributed by atoms with Gasteiger partial charge in [-0.05, 0) is 63.4 Å². The van der Waals surface area contributed by atoms with Gasteiger partial charge in [0.15, 0.2) is 0 Å². The predicted octanol–water partition coefficient (Wildman–Crippen LogP) is 2.18. The zero-order valence-corrected chi connectivity index (χ0v) is 11.8. The molecule has 0 N–H and O–H groups in total. The molecule has 0 aromatic heterocycles. The van der Waals surface area contributed by atoms with E-state index in [9.17, 15) is 4.79 Å². The van der Waals surface area contributed by atoms with E-state index >= 15 is 0 Å². The summed E-state index contributed by atoms with van der Waals surface area (Å²) >= 11 is 4.40. The van der Waals surface area contributed by atoms with Crippen LogP contribution in [0.3, 0.4) is 0 Å². The fraction of sp³-hybridized carbons (Fsp3) is 0.125. The quantitative estimate of drug-likeness (QED) is 0.421. The molecule has 0 atom stereocenters. The minimum absolute atomic E-state index is 0.224. The maximum Gasteiger partial charge on any atom is 0.337 e. The molecule has 0 unspecified atom stereocenters. The molecule has 0 spiro atoms. The van der Waals surface area contributed by atoms with Crippen molar-refractivity contribution < 1.29 is 9.53 Å². The number of carbonyl (C=O) groups excluding carboxylic acids is 1. The maximum absolute atomic E-state index is 11.2. The highest BCUT2D eigenvalue weighted by Gasteiger charge is 2.07. The van der Waals surface area contributed by atoms with Crippen molar-refractivity contribution in [2.24, 2.45) is 0 Å². The molecule has 3 radical (unpaired) electrons. The largest absolute Gasteiger partial charge is 0.467 e. The molecule has 0 saturated carbocycles. The van der Waals surface area contributed by atoms with Crippen molar-refractivity contribution in [1.82, 2.24) is 0 Å². The van der Waals surface area contributed by atoms with Gasteiger partial charge in [-0.3, -0.25) is 0 Å². The van der Waals surface area contributed by atoms with Crippen molar-refractivity contribution in [3.63, 3.8) is 0 Å². The van der Waals surface area contributed by atoms with Crippen LogP contribution in [0.1, 0.15) is 10.4 Å². The first kappa shape index (κ1) is 11.4. The summed E-state index contributed by atoms with van der Waals surface area (Å²) in [5.74, 6) is -0.302. The zero-order chi connectivity index (χ0) is 9.84. The minimum Gasteiger partial charge on any atom is -0.467 e. The van der Waals surface area contributed by atoms with Gasteiger partial charge < -0.3 is 4.74 Å². The van der Waals surface area contributed by atoms with E-state index in [4.69, 9.17) is 4.74 Å². The number of esters is 1. The van der Waals surface area contributed by atoms with E-state index in [0.717, 1.165) is 7.14 Å². The van der Waals surface area contributed by atoms with Crippen molar-refractivity contribution >= 4 is 61.4 Å². The van der Waals surface area contributed by atoms with Crippen LogP contribution in [0.15, 0.2) is 18.2 Å². The van der Waals surface area contributed by atoms with Crippen LogP contribution in [0.4, 0.5) is 0 Å². The third-order valence-electron chi connectivity index (χ3n) is 1.36. The van der Waals surface area contributed by atoms with Crippen LogP contribution in [-0.2, 0) is 4.74 Å². The van der Waals surface area contributed by atoms with Crippen LogP contribution in [0.2, 0.25) is 0 Å². The molecule has 0 fully saturated rings. The molecule has 1 rings (SSSR count). The Morgan fingerprint density at radius 3 is 2.62 bits per heavy atom. The molecular formula is C8H5I2O2Si. The summed E-state index contributed by atoms with van der Waals surface area (Å²) in [5, 5.41) is 0. The van der Waals surface area contributed by atoms with Crippen LogP contribution in [0.5, 0.6) is 0 Å². The van der Waals surface area contributed by atoms with Gasteiger partial charge in [-0.25, -0.2) is 4.79 Å². The molecule has 0 aliphatic carbocycles. The molecule has 0 saturated heterocycles. The van der Waals surface area contributed by atoms with Crippen LogP contribution < -0.4 is 0 Å². The molecular weight excluding hydrogens is 410 g/mol. The predicted molar refractivity (Wildman–Crippen MR) is 67.9 cm³/mol. The Kier molecular flexibility index (Phi) is 4.66.